The van der Waals surface area contributed by atoms with Crippen molar-refractivity contribution in [2.75, 3.05) is 20.2 Å². The maximum Gasteiger partial charge on any atom is 0.262 e. The monoisotopic (exact) mass is 423 g/mol. The Morgan fingerprint density at radius 1 is 1.00 bits per heavy atom. The average molecular weight is 424 g/mol. The minimum absolute atomic E-state index is 0.0278. The number of piperidine rings is 1. The van der Waals surface area contributed by atoms with E-state index in [0.717, 1.165) is 38.5 Å². The predicted octanol–water partition coefficient (Wildman–Crippen LogP) is 1.83. The van der Waals surface area contributed by atoms with Crippen molar-refractivity contribution in [1.82, 2.24) is 15.1 Å². The molecule has 160 valence electrons. The molecule has 0 bridgehead atoms. The van der Waals surface area contributed by atoms with Crippen LogP contribution in [-0.2, 0) is 19.7 Å². The number of nitrogens with one attached hydrogen (secondary N) is 2. The highest BCUT2D eigenvalue weighted by molar-refractivity contribution is 7.89. The lowest BCUT2D eigenvalue weighted by Crippen LogP contribution is -2.48. The van der Waals surface area contributed by atoms with Crippen LogP contribution in [0.25, 0.3) is 0 Å². The number of hydrogen-bond acceptors (Lipinski definition) is 5. The van der Waals surface area contributed by atoms with Crippen LogP contribution in [0.5, 0.6) is 0 Å². The molecule has 1 aromatic carbocycles. The van der Waals surface area contributed by atoms with Gasteiger partial charge in [0.25, 0.3) is 15.9 Å². The van der Waals surface area contributed by atoms with E-state index in [-0.39, 0.29) is 28.7 Å². The van der Waals surface area contributed by atoms with Gasteiger partial charge in [-0.1, -0.05) is 24.1 Å². The van der Waals surface area contributed by atoms with E-state index in [1.165, 1.54) is 37.8 Å². The molecule has 2 amide bonds. The van der Waals surface area contributed by atoms with Crippen LogP contribution >= 0.6 is 0 Å². The van der Waals surface area contributed by atoms with Gasteiger partial charge in [-0.25, -0.2) is 8.42 Å². The molecule has 0 radical (unpaired) electrons. The molecular weight excluding hydrogens is 394 g/mol. The van der Waals surface area contributed by atoms with Crippen molar-refractivity contribution in [1.29, 1.82) is 0 Å². The molecule has 0 aromatic heterocycles. The Bertz CT molecular complexity index is 811. The van der Waals surface area contributed by atoms with Gasteiger partial charge in [0.2, 0.25) is 5.91 Å². The average Bonchev–Trinajstić information content (AvgIpc) is 2.74. The first-order chi connectivity index (χ1) is 13.9. The topological polar surface area (TPSA) is 105 Å². The number of rotatable bonds is 6. The standard InChI is InChI=1S/C20H29N3O5S/c1-28-22-29(26,27)18-9-7-16(8-10-18)20(25)23-13-11-17(12-14-23)21-19(24)15-5-3-2-4-6-15/h7-10,15,17,22H,2-6,11-14H2,1H3,(H,21,24). The summed E-state index contributed by atoms with van der Waals surface area (Å²) in [6.45, 7) is 1.14. The van der Waals surface area contributed by atoms with Crippen LogP contribution in [-0.4, -0.2) is 51.4 Å². The molecule has 9 heteroatoms. The molecule has 1 saturated heterocycles. The largest absolute Gasteiger partial charge is 0.353 e. The van der Waals surface area contributed by atoms with Crippen molar-refractivity contribution in [2.24, 2.45) is 5.92 Å². The van der Waals surface area contributed by atoms with Crippen molar-refractivity contribution >= 4 is 21.8 Å². The molecule has 0 spiro atoms. The third kappa shape index (κ3) is 5.55. The Morgan fingerprint density at radius 2 is 1.62 bits per heavy atom. The van der Waals surface area contributed by atoms with Crippen LogP contribution < -0.4 is 10.2 Å². The quantitative estimate of drug-likeness (QED) is 0.679. The summed E-state index contributed by atoms with van der Waals surface area (Å²) in [6, 6.07) is 5.88. The molecule has 2 N–H and O–H groups in total. The highest BCUT2D eigenvalue weighted by atomic mass is 32.2. The number of likely N-dealkylation sites (tertiary alicyclic amines) is 1. The highest BCUT2D eigenvalue weighted by Crippen LogP contribution is 2.24. The van der Waals surface area contributed by atoms with E-state index in [1.54, 1.807) is 4.90 Å². The smallest absolute Gasteiger partial charge is 0.262 e. The van der Waals surface area contributed by atoms with Crippen LogP contribution in [0.2, 0.25) is 0 Å². The zero-order valence-corrected chi connectivity index (χ0v) is 17.5. The molecular formula is C20H29N3O5S. The van der Waals surface area contributed by atoms with E-state index in [4.69, 9.17) is 0 Å². The van der Waals surface area contributed by atoms with Crippen molar-refractivity contribution in [3.05, 3.63) is 29.8 Å². The first kappa shape index (κ1) is 21.7. The maximum absolute atomic E-state index is 12.7. The Hall–Kier alpha value is -1.97. The van der Waals surface area contributed by atoms with E-state index >= 15 is 0 Å². The lowest BCUT2D eigenvalue weighted by molar-refractivity contribution is -0.126. The van der Waals surface area contributed by atoms with Gasteiger partial charge in [0.15, 0.2) is 0 Å². The van der Waals surface area contributed by atoms with E-state index in [2.05, 4.69) is 10.2 Å². The fourth-order valence-corrected chi connectivity index (χ4v) is 4.84. The summed E-state index contributed by atoms with van der Waals surface area (Å²) in [5.74, 6) is 0.174. The van der Waals surface area contributed by atoms with Crippen LogP contribution in [0.3, 0.4) is 0 Å². The van der Waals surface area contributed by atoms with Gasteiger partial charge < -0.3 is 10.2 Å². The minimum Gasteiger partial charge on any atom is -0.353 e. The molecule has 0 unspecified atom stereocenters. The molecule has 8 nitrogen and oxygen atoms in total. The van der Waals surface area contributed by atoms with E-state index < -0.39 is 10.0 Å². The number of amides is 2. The van der Waals surface area contributed by atoms with Crippen LogP contribution in [0.4, 0.5) is 0 Å². The summed E-state index contributed by atoms with van der Waals surface area (Å²) in [6.07, 6.45) is 6.91. The van der Waals surface area contributed by atoms with Crippen molar-refractivity contribution in [2.45, 2.75) is 55.9 Å². The zero-order valence-electron chi connectivity index (χ0n) is 16.7. The SMILES string of the molecule is CONS(=O)(=O)c1ccc(C(=O)N2CCC(NC(=O)C3CCCCC3)CC2)cc1. The molecule has 1 saturated carbocycles. The predicted molar refractivity (Wildman–Crippen MR) is 107 cm³/mol. The summed E-state index contributed by atoms with van der Waals surface area (Å²) in [4.78, 5) is 33.3. The second-order valence-corrected chi connectivity index (χ2v) is 9.37. The number of carbonyl (C=O) groups is 2. The van der Waals surface area contributed by atoms with Gasteiger partial charge >= 0.3 is 0 Å². The number of benzene rings is 1. The van der Waals surface area contributed by atoms with Crippen molar-refractivity contribution in [3.63, 3.8) is 0 Å². The maximum atomic E-state index is 12.7. The van der Waals surface area contributed by atoms with E-state index in [1.807, 2.05) is 4.89 Å². The van der Waals surface area contributed by atoms with Crippen molar-refractivity contribution < 1.29 is 22.8 Å². The van der Waals surface area contributed by atoms with E-state index in [0.29, 0.717) is 18.7 Å². The first-order valence-corrected chi connectivity index (χ1v) is 11.6. The zero-order chi connectivity index (χ0) is 20.9. The molecule has 1 aliphatic heterocycles. The van der Waals surface area contributed by atoms with Gasteiger partial charge in [-0.3, -0.25) is 14.4 Å². The fraction of sp³-hybridized carbons (Fsp3) is 0.600. The Morgan fingerprint density at radius 3 is 2.21 bits per heavy atom. The van der Waals surface area contributed by atoms with Gasteiger partial charge in [0, 0.05) is 30.6 Å². The molecule has 29 heavy (non-hydrogen) atoms. The van der Waals surface area contributed by atoms with E-state index in [9.17, 15) is 18.0 Å². The van der Waals surface area contributed by atoms with Gasteiger partial charge in [-0.15, -0.1) is 0 Å². The molecule has 2 fully saturated rings. The number of sulfonamides is 1. The van der Waals surface area contributed by atoms with Crippen LogP contribution in [0.15, 0.2) is 29.2 Å². The molecule has 2 aliphatic rings. The fourth-order valence-electron chi connectivity index (χ4n) is 4.03. The summed E-state index contributed by atoms with van der Waals surface area (Å²) >= 11 is 0. The molecule has 1 aliphatic carbocycles. The second kappa shape index (κ2) is 9.69. The molecule has 3 rings (SSSR count). The second-order valence-electron chi connectivity index (χ2n) is 7.73. The third-order valence-electron chi connectivity index (χ3n) is 5.71. The Kier molecular flexibility index (Phi) is 7.26. The van der Waals surface area contributed by atoms with Gasteiger partial charge in [0.1, 0.15) is 0 Å². The van der Waals surface area contributed by atoms with Crippen molar-refractivity contribution in [3.8, 4) is 0 Å². The summed E-state index contributed by atoms with van der Waals surface area (Å²) < 4.78 is 23.8. The lowest BCUT2D eigenvalue weighted by Gasteiger charge is -2.33. The molecule has 1 aromatic rings. The number of carbonyl (C=O) groups excluding carboxylic acids is 2. The third-order valence-corrected chi connectivity index (χ3v) is 6.99. The Balaban J connectivity index is 1.51. The normalized spacial score (nSPS) is 19.1. The minimum atomic E-state index is -3.74. The van der Waals surface area contributed by atoms with Crippen LogP contribution in [0, 0.1) is 5.92 Å². The Labute approximate surface area is 172 Å². The van der Waals surface area contributed by atoms with Gasteiger partial charge in [-0.2, -0.15) is 0 Å². The summed E-state index contributed by atoms with van der Waals surface area (Å²) in [5.41, 5.74) is 0.436. The highest BCUT2D eigenvalue weighted by Gasteiger charge is 2.28. The molecule has 1 heterocycles. The first-order valence-electron chi connectivity index (χ1n) is 10.1. The van der Waals surface area contributed by atoms with Gasteiger partial charge in [-0.05, 0) is 49.9 Å². The van der Waals surface area contributed by atoms with Crippen LogP contribution in [0.1, 0.15) is 55.3 Å². The molecule has 0 atom stereocenters. The number of hydrogen-bond donors (Lipinski definition) is 2. The lowest BCUT2D eigenvalue weighted by atomic mass is 9.88. The summed E-state index contributed by atoms with van der Waals surface area (Å²) in [5, 5.41) is 3.16. The summed E-state index contributed by atoms with van der Waals surface area (Å²) in [7, 11) is -2.52. The van der Waals surface area contributed by atoms with Gasteiger partial charge in [0.05, 0.1) is 12.0 Å². The number of nitrogens with zero attached hydrogens (tertiary/aromatic N) is 1.